The van der Waals surface area contributed by atoms with Crippen LogP contribution in [0.25, 0.3) is 0 Å². The van der Waals surface area contributed by atoms with Crippen LogP contribution in [0.3, 0.4) is 0 Å². The predicted molar refractivity (Wildman–Crippen MR) is 78.8 cm³/mol. The van der Waals surface area contributed by atoms with Crippen LogP contribution in [0.15, 0.2) is 24.3 Å². The minimum Gasteiger partial charge on any atom is -0.481 e. The van der Waals surface area contributed by atoms with Gasteiger partial charge in [-0.25, -0.2) is 0 Å². The lowest BCUT2D eigenvalue weighted by atomic mass is 9.84. The van der Waals surface area contributed by atoms with Gasteiger partial charge in [0, 0.05) is 18.4 Å². The molecule has 23 heavy (non-hydrogen) atoms. The Kier molecular flexibility index (Phi) is 6.18. The second-order valence-corrected chi connectivity index (χ2v) is 6.01. The summed E-state index contributed by atoms with van der Waals surface area (Å²) in [5.41, 5.74) is -0.899. The van der Waals surface area contributed by atoms with Crippen LogP contribution in [-0.2, 0) is 22.2 Å². The van der Waals surface area contributed by atoms with Crippen molar-refractivity contribution in [1.82, 2.24) is 5.32 Å². The first-order valence-corrected chi connectivity index (χ1v) is 7.18. The molecule has 1 aromatic rings. The van der Waals surface area contributed by atoms with E-state index in [0.717, 1.165) is 12.1 Å². The van der Waals surface area contributed by atoms with Gasteiger partial charge in [-0.15, -0.1) is 0 Å². The summed E-state index contributed by atoms with van der Waals surface area (Å²) in [7, 11) is 0. The van der Waals surface area contributed by atoms with Crippen molar-refractivity contribution in [2.75, 3.05) is 6.54 Å². The number of carboxylic acids is 1. The van der Waals surface area contributed by atoms with Crippen molar-refractivity contribution in [3.8, 4) is 0 Å². The van der Waals surface area contributed by atoms with Crippen LogP contribution < -0.4 is 5.32 Å². The van der Waals surface area contributed by atoms with Crippen molar-refractivity contribution in [2.45, 2.75) is 39.3 Å². The highest BCUT2D eigenvalue weighted by atomic mass is 19.4. The summed E-state index contributed by atoms with van der Waals surface area (Å²) in [6, 6.07) is 4.72. The molecule has 0 spiro atoms. The zero-order valence-electron chi connectivity index (χ0n) is 13.0. The van der Waals surface area contributed by atoms with Crippen molar-refractivity contribution >= 4 is 11.9 Å². The van der Waals surface area contributed by atoms with Gasteiger partial charge in [0.2, 0.25) is 5.91 Å². The monoisotopic (exact) mass is 331 g/mol. The zero-order chi connectivity index (χ0) is 17.7. The lowest BCUT2D eigenvalue weighted by Crippen LogP contribution is -2.38. The molecule has 4 nitrogen and oxygen atoms in total. The largest absolute Gasteiger partial charge is 0.481 e. The lowest BCUT2D eigenvalue weighted by molar-refractivity contribution is -0.138. The molecule has 0 atom stereocenters. The third-order valence-electron chi connectivity index (χ3n) is 3.39. The van der Waals surface area contributed by atoms with Gasteiger partial charge in [0.25, 0.3) is 0 Å². The van der Waals surface area contributed by atoms with E-state index in [4.69, 9.17) is 5.11 Å². The number of aliphatic carboxylic acids is 1. The number of carboxylic acid groups (broad SMARTS) is 1. The number of nitrogens with one attached hydrogen (secondary N) is 1. The Morgan fingerprint density at radius 3 is 2.17 bits per heavy atom. The van der Waals surface area contributed by atoms with Gasteiger partial charge in [-0.3, -0.25) is 9.59 Å². The first-order chi connectivity index (χ1) is 10.5. The van der Waals surface area contributed by atoms with Gasteiger partial charge in [0.15, 0.2) is 0 Å². The van der Waals surface area contributed by atoms with E-state index in [9.17, 15) is 22.8 Å². The van der Waals surface area contributed by atoms with E-state index in [0.29, 0.717) is 12.0 Å². The van der Waals surface area contributed by atoms with Crippen molar-refractivity contribution in [3.63, 3.8) is 0 Å². The molecule has 0 heterocycles. The fourth-order valence-electron chi connectivity index (χ4n) is 2.08. The Hall–Kier alpha value is -2.05. The molecular weight excluding hydrogens is 311 g/mol. The average Bonchev–Trinajstić information content (AvgIpc) is 2.42. The Bertz CT molecular complexity index is 551. The molecule has 2 N–H and O–H groups in total. The van der Waals surface area contributed by atoms with E-state index >= 15 is 0 Å². The first-order valence-electron chi connectivity index (χ1n) is 7.18. The SMILES string of the molecule is CC(C)(Cc1ccc(C(F)(F)F)cc1)C(=O)NCCCC(=O)O. The zero-order valence-corrected chi connectivity index (χ0v) is 13.0. The summed E-state index contributed by atoms with van der Waals surface area (Å²) < 4.78 is 37.5. The molecule has 0 saturated heterocycles. The van der Waals surface area contributed by atoms with Gasteiger partial charge in [-0.2, -0.15) is 13.2 Å². The average molecular weight is 331 g/mol. The Labute approximate surface area is 132 Å². The number of rotatable bonds is 7. The van der Waals surface area contributed by atoms with E-state index in [1.54, 1.807) is 13.8 Å². The molecule has 1 aromatic carbocycles. The van der Waals surface area contributed by atoms with Crippen LogP contribution >= 0.6 is 0 Å². The van der Waals surface area contributed by atoms with E-state index in [-0.39, 0.29) is 25.3 Å². The number of carbonyl (C=O) groups excluding carboxylic acids is 1. The number of amides is 1. The van der Waals surface area contributed by atoms with Crippen molar-refractivity contribution < 1.29 is 27.9 Å². The molecule has 0 aliphatic heterocycles. The number of carbonyl (C=O) groups is 2. The third kappa shape index (κ3) is 6.30. The maximum Gasteiger partial charge on any atom is 0.416 e. The quantitative estimate of drug-likeness (QED) is 0.754. The topological polar surface area (TPSA) is 66.4 Å². The second kappa shape index (κ2) is 7.48. The van der Waals surface area contributed by atoms with Gasteiger partial charge in [-0.1, -0.05) is 26.0 Å². The summed E-state index contributed by atoms with van der Waals surface area (Å²) in [5.74, 6) is -1.19. The molecular formula is C16H20F3NO3. The highest BCUT2D eigenvalue weighted by Gasteiger charge is 2.31. The fraction of sp³-hybridized carbons (Fsp3) is 0.500. The van der Waals surface area contributed by atoms with Crippen LogP contribution in [-0.4, -0.2) is 23.5 Å². The van der Waals surface area contributed by atoms with E-state index in [2.05, 4.69) is 5.32 Å². The normalized spacial score (nSPS) is 12.0. The van der Waals surface area contributed by atoms with Gasteiger partial charge in [-0.05, 0) is 30.5 Å². The standard InChI is InChI=1S/C16H20F3NO3/c1-15(2,14(23)20-9-3-4-13(21)22)10-11-5-7-12(8-6-11)16(17,18)19/h5-8H,3-4,9-10H2,1-2H3,(H,20,23)(H,21,22). The van der Waals surface area contributed by atoms with Crippen molar-refractivity contribution in [2.24, 2.45) is 5.41 Å². The summed E-state index contributed by atoms with van der Waals surface area (Å²) >= 11 is 0. The Morgan fingerprint density at radius 1 is 1.13 bits per heavy atom. The van der Waals surface area contributed by atoms with E-state index < -0.39 is 23.1 Å². The number of benzene rings is 1. The van der Waals surface area contributed by atoms with Crippen LogP contribution in [0.5, 0.6) is 0 Å². The molecule has 0 aliphatic carbocycles. The third-order valence-corrected chi connectivity index (χ3v) is 3.39. The Morgan fingerprint density at radius 2 is 1.70 bits per heavy atom. The molecule has 1 amide bonds. The minimum atomic E-state index is -4.38. The van der Waals surface area contributed by atoms with Crippen LogP contribution in [0.1, 0.15) is 37.8 Å². The first kappa shape index (κ1) is 19.0. The van der Waals surface area contributed by atoms with Gasteiger partial charge in [0.1, 0.15) is 0 Å². The number of hydrogen-bond donors (Lipinski definition) is 2. The second-order valence-electron chi connectivity index (χ2n) is 6.01. The minimum absolute atomic E-state index is 0.0282. The summed E-state index contributed by atoms with van der Waals surface area (Å²) in [4.78, 5) is 22.5. The highest BCUT2D eigenvalue weighted by molar-refractivity contribution is 5.82. The van der Waals surface area contributed by atoms with Crippen molar-refractivity contribution in [1.29, 1.82) is 0 Å². The molecule has 0 radical (unpaired) electrons. The molecule has 0 fully saturated rings. The molecule has 0 saturated carbocycles. The molecule has 1 rings (SSSR count). The maximum absolute atomic E-state index is 12.5. The molecule has 0 aromatic heterocycles. The van der Waals surface area contributed by atoms with E-state index in [1.807, 2.05) is 0 Å². The number of halogens is 3. The summed E-state index contributed by atoms with van der Waals surface area (Å²) in [6.45, 7) is 3.63. The van der Waals surface area contributed by atoms with Gasteiger partial charge < -0.3 is 10.4 Å². The van der Waals surface area contributed by atoms with Crippen molar-refractivity contribution in [3.05, 3.63) is 35.4 Å². The predicted octanol–water partition coefficient (Wildman–Crippen LogP) is 3.26. The summed E-state index contributed by atoms with van der Waals surface area (Å²) in [5, 5.41) is 11.2. The van der Waals surface area contributed by atoms with Crippen LogP contribution in [0, 0.1) is 5.41 Å². The van der Waals surface area contributed by atoms with Crippen LogP contribution in [0.4, 0.5) is 13.2 Å². The summed E-state index contributed by atoms with van der Waals surface area (Å²) in [6.07, 6.45) is -3.79. The molecule has 128 valence electrons. The van der Waals surface area contributed by atoms with Gasteiger partial charge >= 0.3 is 12.1 Å². The molecule has 0 unspecified atom stereocenters. The maximum atomic E-state index is 12.5. The van der Waals surface area contributed by atoms with Gasteiger partial charge in [0.05, 0.1) is 5.56 Å². The lowest BCUT2D eigenvalue weighted by Gasteiger charge is -2.24. The molecule has 0 bridgehead atoms. The Balaban J connectivity index is 2.59. The fourth-order valence-corrected chi connectivity index (χ4v) is 2.08. The number of hydrogen-bond acceptors (Lipinski definition) is 2. The molecule has 0 aliphatic rings. The van der Waals surface area contributed by atoms with E-state index in [1.165, 1.54) is 12.1 Å². The smallest absolute Gasteiger partial charge is 0.416 e. The number of alkyl halides is 3. The molecule has 7 heteroatoms. The highest BCUT2D eigenvalue weighted by Crippen LogP contribution is 2.30. The van der Waals surface area contributed by atoms with Crippen LogP contribution in [0.2, 0.25) is 0 Å².